The predicted molar refractivity (Wildman–Crippen MR) is 141 cm³/mol. The van der Waals surface area contributed by atoms with Gasteiger partial charge in [-0.25, -0.2) is 4.79 Å². The van der Waals surface area contributed by atoms with Crippen LogP contribution in [0.3, 0.4) is 0 Å². The maximum atomic E-state index is 12.6. The summed E-state index contributed by atoms with van der Waals surface area (Å²) in [6, 6.07) is 3.55. The van der Waals surface area contributed by atoms with Gasteiger partial charge in [0, 0.05) is 6.42 Å². The van der Waals surface area contributed by atoms with E-state index in [-0.39, 0.29) is 11.7 Å². The van der Waals surface area contributed by atoms with Crippen LogP contribution in [0, 0.1) is 6.92 Å². The third-order valence-electron chi connectivity index (χ3n) is 7.25. The molecule has 1 N–H and O–H groups in total. The minimum Gasteiger partial charge on any atom is -0.508 e. The lowest BCUT2D eigenvalue weighted by atomic mass is 9.92. The Bertz CT molecular complexity index is 714. The molecule has 0 aromatic heterocycles. The largest absolute Gasteiger partial charge is 0.508 e. The van der Waals surface area contributed by atoms with Gasteiger partial charge >= 0.3 is 5.97 Å². The number of hydrogen-bond donors (Lipinski definition) is 1. The number of rotatable bonds is 18. The summed E-state index contributed by atoms with van der Waals surface area (Å²) in [6.07, 6.45) is 22.6. The van der Waals surface area contributed by atoms with E-state index in [1.54, 1.807) is 6.07 Å². The first-order chi connectivity index (χ1) is 16.5. The van der Waals surface area contributed by atoms with Crippen molar-refractivity contribution in [2.45, 2.75) is 142 Å². The van der Waals surface area contributed by atoms with E-state index in [9.17, 15) is 9.90 Å². The lowest BCUT2D eigenvalue weighted by Gasteiger charge is -2.33. The van der Waals surface area contributed by atoms with Crippen LogP contribution in [0.25, 0.3) is 0 Å². The van der Waals surface area contributed by atoms with Crippen molar-refractivity contribution in [1.82, 2.24) is 0 Å². The number of benzene rings is 1. The molecule has 0 spiro atoms. The molecule has 1 aliphatic heterocycles. The number of carbonyl (C=O) groups excluding carboxylic acids is 1. The fraction of sp³-hybridized carbons (Fsp3) is 0.767. The molecule has 4 nitrogen and oxygen atoms in total. The van der Waals surface area contributed by atoms with Crippen LogP contribution in [-0.4, -0.2) is 23.3 Å². The highest BCUT2D eigenvalue weighted by atomic mass is 16.6. The van der Waals surface area contributed by atoms with Crippen molar-refractivity contribution < 1.29 is 19.4 Å². The lowest BCUT2D eigenvalue weighted by molar-refractivity contribution is -0.162. The molecule has 0 bridgehead atoms. The van der Waals surface area contributed by atoms with E-state index in [1.807, 2.05) is 19.9 Å². The summed E-state index contributed by atoms with van der Waals surface area (Å²) in [5, 5.41) is 9.88. The molecule has 194 valence electrons. The number of fused-ring (bicyclic) bond motifs is 1. The van der Waals surface area contributed by atoms with Crippen LogP contribution in [0.4, 0.5) is 0 Å². The zero-order valence-electron chi connectivity index (χ0n) is 22.3. The highest BCUT2D eigenvalue weighted by Crippen LogP contribution is 2.37. The summed E-state index contributed by atoms with van der Waals surface area (Å²) in [5.41, 5.74) is 0.765. The van der Waals surface area contributed by atoms with E-state index in [2.05, 4.69) is 6.92 Å². The second-order valence-electron chi connectivity index (χ2n) is 10.5. The number of carbonyl (C=O) groups is 1. The summed E-state index contributed by atoms with van der Waals surface area (Å²) in [5.74, 6) is 0.685. The Morgan fingerprint density at radius 2 is 1.38 bits per heavy atom. The fourth-order valence-electron chi connectivity index (χ4n) is 4.78. The van der Waals surface area contributed by atoms with E-state index >= 15 is 0 Å². The summed E-state index contributed by atoms with van der Waals surface area (Å²) in [6.45, 7) is 6.40. The third-order valence-corrected chi connectivity index (χ3v) is 7.25. The number of unbranched alkanes of at least 4 members (excludes halogenated alkanes) is 15. The van der Waals surface area contributed by atoms with Gasteiger partial charge in [0.2, 0.25) is 5.60 Å². The second kappa shape index (κ2) is 16.1. The fourth-order valence-corrected chi connectivity index (χ4v) is 4.78. The molecule has 1 unspecified atom stereocenters. The zero-order chi connectivity index (χ0) is 24.7. The molecule has 0 amide bonds. The smallest absolute Gasteiger partial charge is 0.350 e. The lowest BCUT2D eigenvalue weighted by Crippen LogP contribution is -2.45. The van der Waals surface area contributed by atoms with Crippen LogP contribution in [0.5, 0.6) is 11.5 Å². The Kier molecular flexibility index (Phi) is 13.5. The summed E-state index contributed by atoms with van der Waals surface area (Å²) in [4.78, 5) is 12.6. The average molecular weight is 475 g/mol. The van der Waals surface area contributed by atoms with E-state index in [4.69, 9.17) is 9.47 Å². The van der Waals surface area contributed by atoms with Gasteiger partial charge in [-0.2, -0.15) is 0 Å². The zero-order valence-corrected chi connectivity index (χ0v) is 22.3. The molecule has 2 rings (SSSR count). The monoisotopic (exact) mass is 474 g/mol. The van der Waals surface area contributed by atoms with Crippen LogP contribution in [-0.2, 0) is 16.0 Å². The van der Waals surface area contributed by atoms with Gasteiger partial charge in [-0.3, -0.25) is 0 Å². The molecule has 1 atom stereocenters. The van der Waals surface area contributed by atoms with Gasteiger partial charge in [0.15, 0.2) is 0 Å². The molecule has 0 saturated carbocycles. The van der Waals surface area contributed by atoms with Crippen molar-refractivity contribution in [2.24, 2.45) is 0 Å². The molecule has 0 saturated heterocycles. The van der Waals surface area contributed by atoms with Crippen LogP contribution in [0.2, 0.25) is 0 Å². The van der Waals surface area contributed by atoms with Gasteiger partial charge in [-0.05, 0) is 49.9 Å². The molecule has 0 radical (unpaired) electrons. The van der Waals surface area contributed by atoms with E-state index < -0.39 is 5.60 Å². The number of phenolic OH excluding ortho intramolecular Hbond substituents is 1. The van der Waals surface area contributed by atoms with Gasteiger partial charge in [-0.15, -0.1) is 0 Å². The Balaban J connectivity index is 1.43. The van der Waals surface area contributed by atoms with Crippen molar-refractivity contribution in [3.8, 4) is 11.5 Å². The molecular formula is C30H50O4. The number of aryl methyl sites for hydroxylation is 2. The van der Waals surface area contributed by atoms with Crippen LogP contribution in [0.15, 0.2) is 12.1 Å². The standard InChI is InChI=1S/C30H50O4/c1-4-5-6-7-8-9-10-11-12-13-14-15-16-17-18-19-22-33-29(32)30(3)21-20-26-24-27(31)25(2)23-28(26)34-30/h23-24,31H,4-22H2,1-3H3. The van der Waals surface area contributed by atoms with E-state index in [1.165, 1.54) is 89.9 Å². The molecule has 34 heavy (non-hydrogen) atoms. The Morgan fingerprint density at radius 3 is 1.91 bits per heavy atom. The second-order valence-corrected chi connectivity index (χ2v) is 10.5. The van der Waals surface area contributed by atoms with Crippen LogP contribution >= 0.6 is 0 Å². The van der Waals surface area contributed by atoms with Crippen molar-refractivity contribution in [2.75, 3.05) is 6.61 Å². The molecule has 1 aliphatic rings. The Hall–Kier alpha value is -1.71. The average Bonchev–Trinajstić information content (AvgIpc) is 2.82. The number of hydrogen-bond acceptors (Lipinski definition) is 4. The van der Waals surface area contributed by atoms with Crippen molar-refractivity contribution in [1.29, 1.82) is 0 Å². The SMILES string of the molecule is CCCCCCCCCCCCCCCCCCOC(=O)C1(C)CCc2cc(O)c(C)cc2O1. The highest BCUT2D eigenvalue weighted by molar-refractivity contribution is 5.80. The molecular weight excluding hydrogens is 424 g/mol. The Morgan fingerprint density at radius 1 is 0.882 bits per heavy atom. The van der Waals surface area contributed by atoms with Crippen molar-refractivity contribution >= 4 is 5.97 Å². The maximum Gasteiger partial charge on any atom is 0.350 e. The first-order valence-corrected chi connectivity index (χ1v) is 14.1. The minimum atomic E-state index is -0.939. The van der Waals surface area contributed by atoms with Crippen LogP contribution < -0.4 is 4.74 Å². The highest BCUT2D eigenvalue weighted by Gasteiger charge is 2.40. The van der Waals surface area contributed by atoms with E-state index in [0.29, 0.717) is 25.2 Å². The normalized spacial score (nSPS) is 17.3. The number of aromatic hydroxyl groups is 1. The van der Waals surface area contributed by atoms with Gasteiger partial charge in [0.1, 0.15) is 11.5 Å². The molecule has 0 fully saturated rings. The predicted octanol–water partition coefficient (Wildman–Crippen LogP) is 8.59. The maximum absolute atomic E-state index is 12.6. The van der Waals surface area contributed by atoms with Gasteiger partial charge < -0.3 is 14.6 Å². The number of ether oxygens (including phenoxy) is 2. The van der Waals surface area contributed by atoms with Gasteiger partial charge in [0.25, 0.3) is 0 Å². The molecule has 1 aromatic carbocycles. The first kappa shape index (κ1) is 28.5. The number of phenols is 1. The van der Waals surface area contributed by atoms with E-state index in [0.717, 1.165) is 24.0 Å². The summed E-state index contributed by atoms with van der Waals surface area (Å²) >= 11 is 0. The number of esters is 1. The quantitative estimate of drug-likeness (QED) is 0.171. The van der Waals surface area contributed by atoms with Crippen molar-refractivity contribution in [3.63, 3.8) is 0 Å². The molecule has 1 heterocycles. The summed E-state index contributed by atoms with van der Waals surface area (Å²) < 4.78 is 11.6. The minimum absolute atomic E-state index is 0.273. The Labute approximate surface area is 208 Å². The van der Waals surface area contributed by atoms with Gasteiger partial charge in [-0.1, -0.05) is 103 Å². The van der Waals surface area contributed by atoms with Crippen LogP contribution in [0.1, 0.15) is 134 Å². The molecule has 0 aliphatic carbocycles. The molecule has 4 heteroatoms. The van der Waals surface area contributed by atoms with Crippen molar-refractivity contribution in [3.05, 3.63) is 23.3 Å². The third kappa shape index (κ3) is 10.3. The summed E-state index contributed by atoms with van der Waals surface area (Å²) in [7, 11) is 0. The first-order valence-electron chi connectivity index (χ1n) is 14.1. The molecule has 1 aromatic rings. The topological polar surface area (TPSA) is 55.8 Å². The van der Waals surface area contributed by atoms with Gasteiger partial charge in [0.05, 0.1) is 6.61 Å².